The molecule has 0 radical (unpaired) electrons. The molecule has 0 bridgehead atoms. The third-order valence-electron chi connectivity index (χ3n) is 15.0. The predicted molar refractivity (Wildman–Crippen MR) is 248 cm³/mol. The van der Waals surface area contributed by atoms with E-state index in [9.17, 15) is 19.2 Å². The van der Waals surface area contributed by atoms with Crippen LogP contribution in [0.25, 0.3) is 44.2 Å². The number of H-pyrrole nitrogens is 2. The van der Waals surface area contributed by atoms with Gasteiger partial charge in [0.2, 0.25) is 11.8 Å². The SMILES string of the molecule is COC(=O)N[C@H](C(=O)N1[C@H](C)[C@H](C)C[C@H]1c1ncc(-c2ccc3cc(-c4ccc5nc([C@@H]6C[C@@H](C)[C@@H](C)N6C(=O)[C@@H](NC(=O)OC)C6CCOCC6)[nH]c5c4)ccc3c2)[nH]1)C1CCOCC1. The lowest BCUT2D eigenvalue weighted by molar-refractivity contribution is -0.139. The molecule has 350 valence electrons. The van der Waals surface area contributed by atoms with Crippen molar-refractivity contribution in [3.05, 3.63) is 72.4 Å². The predicted octanol–water partition coefficient (Wildman–Crippen LogP) is 7.67. The zero-order valence-electron chi connectivity index (χ0n) is 38.7. The van der Waals surface area contributed by atoms with E-state index in [1.54, 1.807) is 0 Å². The van der Waals surface area contributed by atoms with Gasteiger partial charge in [-0.1, -0.05) is 44.2 Å². The van der Waals surface area contributed by atoms with Gasteiger partial charge in [-0.05, 0) is 122 Å². The number of likely N-dealkylation sites (tertiary alicyclic amines) is 2. The highest BCUT2D eigenvalue weighted by atomic mass is 16.5. The first kappa shape index (κ1) is 45.2. The second kappa shape index (κ2) is 19.1. The Bertz CT molecular complexity index is 2580. The zero-order valence-corrected chi connectivity index (χ0v) is 38.7. The number of aromatic amines is 2. The molecule has 4 N–H and O–H groups in total. The minimum absolute atomic E-state index is 0.0526. The van der Waals surface area contributed by atoms with Crippen molar-refractivity contribution in [2.75, 3.05) is 40.6 Å². The van der Waals surface area contributed by atoms with Crippen molar-refractivity contribution in [2.24, 2.45) is 23.7 Å². The molecule has 6 heterocycles. The number of alkyl carbamates (subject to hydrolysis) is 2. The van der Waals surface area contributed by atoms with E-state index in [4.69, 9.17) is 28.9 Å². The lowest BCUT2D eigenvalue weighted by Crippen LogP contribution is -2.54. The van der Waals surface area contributed by atoms with Gasteiger partial charge in [-0.3, -0.25) is 9.59 Å². The standard InChI is InChI=1S/C50H62N8O8/c1-27-21-41(57(29(27)3)47(59)43(55-49(61)63-5)31-13-17-65-18-14-31)45-51-26-40(54-45)37-10-9-33-23-34(7-8-35(33)24-37)36-11-12-38-39(25-36)53-46(52-38)42-22-28(2)30(4)58(42)48(60)44(56-50(62)64-6)32-15-19-66-20-16-32/h7-12,23-32,41-44H,13-22H2,1-6H3,(H,51,54)(H,52,53)(H,55,61)(H,56,62)/t27-,28-,29-,30-,41+,42+,43+,44+/m1/s1. The van der Waals surface area contributed by atoms with Gasteiger partial charge in [0.05, 0.1) is 49.2 Å². The molecule has 3 aromatic carbocycles. The molecule has 4 aliphatic heterocycles. The van der Waals surface area contributed by atoms with Crippen LogP contribution in [-0.2, 0) is 28.5 Å². The van der Waals surface area contributed by atoms with Crippen molar-refractivity contribution in [3.63, 3.8) is 0 Å². The molecule has 4 saturated heterocycles. The summed E-state index contributed by atoms with van der Waals surface area (Å²) in [6, 6.07) is 16.9. The maximum atomic E-state index is 14.4. The molecule has 0 spiro atoms. The maximum absolute atomic E-state index is 14.4. The average molecular weight is 903 g/mol. The summed E-state index contributed by atoms with van der Waals surface area (Å²) in [6.45, 7) is 10.6. The largest absolute Gasteiger partial charge is 0.453 e. The van der Waals surface area contributed by atoms with Crippen molar-refractivity contribution in [1.82, 2.24) is 40.4 Å². The van der Waals surface area contributed by atoms with Gasteiger partial charge in [0, 0.05) is 44.1 Å². The van der Waals surface area contributed by atoms with Crippen LogP contribution in [0.3, 0.4) is 0 Å². The Hall–Kier alpha value is -6.00. The van der Waals surface area contributed by atoms with Gasteiger partial charge in [0.1, 0.15) is 23.7 Å². The maximum Gasteiger partial charge on any atom is 0.407 e. The zero-order chi connectivity index (χ0) is 46.2. The number of fused-ring (bicyclic) bond motifs is 2. The lowest BCUT2D eigenvalue weighted by atomic mass is 9.90. The van der Waals surface area contributed by atoms with Crippen LogP contribution >= 0.6 is 0 Å². The number of methoxy groups -OCH3 is 2. The number of aromatic nitrogens is 4. The third kappa shape index (κ3) is 8.84. The molecule has 2 aromatic heterocycles. The number of ether oxygens (including phenoxy) is 4. The van der Waals surface area contributed by atoms with Gasteiger partial charge in [0.15, 0.2) is 0 Å². The Kier molecular flexibility index (Phi) is 13.1. The summed E-state index contributed by atoms with van der Waals surface area (Å²) < 4.78 is 21.0. The van der Waals surface area contributed by atoms with Gasteiger partial charge in [-0.2, -0.15) is 0 Å². The van der Waals surface area contributed by atoms with Gasteiger partial charge in [0.25, 0.3) is 0 Å². The molecule has 9 rings (SSSR count). The molecule has 4 fully saturated rings. The smallest absolute Gasteiger partial charge is 0.407 e. The summed E-state index contributed by atoms with van der Waals surface area (Å²) in [5.41, 5.74) is 5.62. The molecule has 5 aromatic rings. The minimum Gasteiger partial charge on any atom is -0.453 e. The average Bonchev–Trinajstić information content (AvgIpc) is 4.14. The Morgan fingerprint density at radius 3 is 1.68 bits per heavy atom. The van der Waals surface area contributed by atoms with E-state index < -0.39 is 24.3 Å². The van der Waals surface area contributed by atoms with E-state index in [2.05, 4.69) is 96.8 Å². The molecule has 8 atom stereocenters. The number of nitrogens with zero attached hydrogens (tertiary/aromatic N) is 4. The highest BCUT2D eigenvalue weighted by Crippen LogP contribution is 2.43. The van der Waals surface area contributed by atoms with Crippen molar-refractivity contribution >= 4 is 45.8 Å². The molecule has 4 aliphatic rings. The van der Waals surface area contributed by atoms with Crippen molar-refractivity contribution < 1.29 is 38.1 Å². The van der Waals surface area contributed by atoms with E-state index in [1.165, 1.54) is 14.2 Å². The minimum atomic E-state index is -0.721. The Morgan fingerprint density at radius 1 is 0.652 bits per heavy atom. The van der Waals surface area contributed by atoms with Crippen molar-refractivity contribution in [3.8, 4) is 22.4 Å². The first-order chi connectivity index (χ1) is 31.9. The summed E-state index contributed by atoms with van der Waals surface area (Å²) in [7, 11) is 2.63. The molecule has 4 amide bonds. The van der Waals surface area contributed by atoms with Crippen molar-refractivity contribution in [1.29, 1.82) is 0 Å². The van der Waals surface area contributed by atoms with Gasteiger partial charge >= 0.3 is 12.2 Å². The number of amides is 4. The molecule has 16 heteroatoms. The normalized spacial score (nSPS) is 24.9. The Morgan fingerprint density at radius 2 is 1.14 bits per heavy atom. The highest BCUT2D eigenvalue weighted by Gasteiger charge is 2.47. The molecular formula is C50H62N8O8. The van der Waals surface area contributed by atoms with Gasteiger partial charge in [-0.15, -0.1) is 0 Å². The quantitative estimate of drug-likeness (QED) is 0.108. The van der Waals surface area contributed by atoms with Gasteiger partial charge in [-0.25, -0.2) is 19.6 Å². The van der Waals surface area contributed by atoms with Crippen LogP contribution in [0.1, 0.15) is 90.0 Å². The molecular weight excluding hydrogens is 841 g/mol. The lowest BCUT2D eigenvalue weighted by Gasteiger charge is -2.36. The van der Waals surface area contributed by atoms with Crippen LogP contribution in [-0.4, -0.2) is 119 Å². The number of carbonyl (C=O) groups is 4. The number of rotatable bonds is 10. The van der Waals surface area contributed by atoms with E-state index >= 15 is 0 Å². The number of benzene rings is 3. The number of nitrogens with one attached hydrogen (secondary N) is 4. The van der Waals surface area contributed by atoms with E-state index in [1.807, 2.05) is 22.1 Å². The van der Waals surface area contributed by atoms with Crippen LogP contribution in [0.2, 0.25) is 0 Å². The summed E-state index contributed by atoms with van der Waals surface area (Å²) >= 11 is 0. The Balaban J connectivity index is 0.931. The van der Waals surface area contributed by atoms with Crippen LogP contribution in [0.5, 0.6) is 0 Å². The third-order valence-corrected chi connectivity index (χ3v) is 15.0. The second-order valence-corrected chi connectivity index (χ2v) is 18.9. The van der Waals surface area contributed by atoms with Crippen LogP contribution < -0.4 is 10.6 Å². The number of hydrogen-bond acceptors (Lipinski definition) is 10. The fraction of sp³-hybridized carbons (Fsp3) is 0.520. The van der Waals surface area contributed by atoms with Gasteiger partial charge < -0.3 is 49.3 Å². The first-order valence-electron chi connectivity index (χ1n) is 23.5. The fourth-order valence-corrected chi connectivity index (χ4v) is 10.8. The summed E-state index contributed by atoms with van der Waals surface area (Å²) in [4.78, 5) is 74.6. The monoisotopic (exact) mass is 902 g/mol. The van der Waals surface area contributed by atoms with E-state index in [0.717, 1.165) is 68.7 Å². The summed E-state index contributed by atoms with van der Waals surface area (Å²) in [5, 5.41) is 7.87. The van der Waals surface area contributed by atoms with Crippen LogP contribution in [0.4, 0.5) is 9.59 Å². The Labute approximate surface area is 384 Å². The van der Waals surface area contributed by atoms with Crippen LogP contribution in [0, 0.1) is 23.7 Å². The summed E-state index contributed by atoms with van der Waals surface area (Å²) in [5.74, 6) is 1.55. The van der Waals surface area contributed by atoms with Crippen LogP contribution in [0.15, 0.2) is 60.8 Å². The number of imidazole rings is 2. The van der Waals surface area contributed by atoms with E-state index in [0.29, 0.717) is 52.1 Å². The second-order valence-electron chi connectivity index (χ2n) is 18.9. The molecule has 0 unspecified atom stereocenters. The topological polar surface area (TPSA) is 193 Å². The molecule has 0 aliphatic carbocycles. The number of carbonyl (C=O) groups excluding carboxylic acids is 4. The molecule has 66 heavy (non-hydrogen) atoms. The first-order valence-corrected chi connectivity index (χ1v) is 23.5. The molecule has 0 saturated carbocycles. The fourth-order valence-electron chi connectivity index (χ4n) is 10.8. The highest BCUT2D eigenvalue weighted by molar-refractivity contribution is 5.92. The molecule has 16 nitrogen and oxygen atoms in total. The van der Waals surface area contributed by atoms with Crippen molar-refractivity contribution in [2.45, 2.75) is 102 Å². The van der Waals surface area contributed by atoms with E-state index in [-0.39, 0.29) is 59.7 Å². The number of hydrogen-bond donors (Lipinski definition) is 4. The summed E-state index contributed by atoms with van der Waals surface area (Å²) in [6.07, 6.45) is 4.81.